The third-order valence-corrected chi connectivity index (χ3v) is 9.76. The minimum atomic E-state index is -0.109. The Balaban J connectivity index is 1.49. The molecule has 164 valence electrons. The van der Waals surface area contributed by atoms with E-state index in [4.69, 9.17) is 11.6 Å². The Labute approximate surface area is 187 Å². The van der Waals surface area contributed by atoms with Crippen molar-refractivity contribution in [1.29, 1.82) is 0 Å². The summed E-state index contributed by atoms with van der Waals surface area (Å²) in [7, 11) is 0. The third-order valence-electron chi connectivity index (χ3n) is 9.57. The Kier molecular flexibility index (Phi) is 5.14. The van der Waals surface area contributed by atoms with Gasteiger partial charge in [0.05, 0.1) is 0 Å². The third kappa shape index (κ3) is 3.37. The van der Waals surface area contributed by atoms with Gasteiger partial charge in [-0.1, -0.05) is 44.2 Å². The maximum absolute atomic E-state index is 14.1. The second-order valence-electron chi connectivity index (χ2n) is 12.2. The fraction of sp³-hybridized carbons (Fsp3) is 0.741. The van der Waals surface area contributed by atoms with Crippen LogP contribution < -0.4 is 5.32 Å². The number of carbonyl (C=O) groups is 1. The molecule has 2 nitrogen and oxygen atoms in total. The molecule has 5 aliphatic rings. The van der Waals surface area contributed by atoms with Gasteiger partial charge in [-0.3, -0.25) is 4.79 Å². The Morgan fingerprint density at radius 2 is 1.90 bits per heavy atom. The smallest absolute Gasteiger partial charge is 0.139 e. The molecule has 3 heteroatoms. The van der Waals surface area contributed by atoms with Gasteiger partial charge in [-0.25, -0.2) is 0 Å². The summed E-state index contributed by atoms with van der Waals surface area (Å²) < 4.78 is 0. The van der Waals surface area contributed by atoms with E-state index in [1.807, 2.05) is 0 Å². The van der Waals surface area contributed by atoms with Crippen molar-refractivity contribution in [2.75, 3.05) is 19.0 Å². The standard InChI is InChI=1S/C27H38ClNO/c1-24(2)19-29-11-8-22(24)12-23(30)27-15-20-13-25(17-27,9-10-28)16-26(14-20,18-27)21-6-4-3-5-7-21/h3-7,20,22,29H,8-19H2,1-2H3/t20?,22?,25-,26-,27?/m1/s1. The van der Waals surface area contributed by atoms with E-state index >= 15 is 0 Å². The highest BCUT2D eigenvalue weighted by atomic mass is 35.5. The van der Waals surface area contributed by atoms with E-state index in [-0.39, 0.29) is 21.7 Å². The van der Waals surface area contributed by atoms with Crippen LogP contribution in [-0.2, 0) is 10.2 Å². The summed E-state index contributed by atoms with van der Waals surface area (Å²) in [5, 5.41) is 3.54. The number of carbonyl (C=O) groups excluding carboxylic acids is 1. The summed E-state index contributed by atoms with van der Waals surface area (Å²) in [6, 6.07) is 11.2. The molecule has 1 aromatic rings. The van der Waals surface area contributed by atoms with Crippen molar-refractivity contribution in [3.63, 3.8) is 0 Å². The monoisotopic (exact) mass is 427 g/mol. The Hall–Kier alpha value is -0.860. The van der Waals surface area contributed by atoms with E-state index < -0.39 is 0 Å². The summed E-state index contributed by atoms with van der Waals surface area (Å²) in [6.07, 6.45) is 10.1. The molecule has 4 bridgehead atoms. The van der Waals surface area contributed by atoms with E-state index in [9.17, 15) is 4.79 Å². The Morgan fingerprint density at radius 1 is 1.10 bits per heavy atom. The fourth-order valence-electron chi connectivity index (χ4n) is 8.58. The molecule has 6 rings (SSSR count). The lowest BCUT2D eigenvalue weighted by Gasteiger charge is -2.67. The first-order valence-corrected chi connectivity index (χ1v) is 12.7. The molecule has 1 aliphatic heterocycles. The SMILES string of the molecule is CC1(C)CNCCC1CC(=O)C12CC3C[C@@](CCCl)(C1)C[C@](c1ccccc1)(C3)C2. The minimum Gasteiger partial charge on any atom is -0.316 e. The number of benzene rings is 1. The minimum absolute atomic E-state index is 0.109. The lowest BCUT2D eigenvalue weighted by molar-refractivity contribution is -0.162. The van der Waals surface area contributed by atoms with Crippen molar-refractivity contribution < 1.29 is 4.79 Å². The van der Waals surface area contributed by atoms with Gasteiger partial charge in [0.1, 0.15) is 5.78 Å². The molecule has 5 fully saturated rings. The topological polar surface area (TPSA) is 29.1 Å². The number of alkyl halides is 1. The van der Waals surface area contributed by atoms with E-state index in [0.717, 1.165) is 57.5 Å². The van der Waals surface area contributed by atoms with Crippen LogP contribution in [0.4, 0.5) is 0 Å². The molecule has 4 saturated carbocycles. The first kappa shape index (κ1) is 21.0. The number of piperidine rings is 1. The number of nitrogens with one attached hydrogen (secondary N) is 1. The largest absolute Gasteiger partial charge is 0.316 e. The van der Waals surface area contributed by atoms with E-state index in [1.165, 1.54) is 24.8 Å². The molecule has 0 radical (unpaired) electrons. The first-order chi connectivity index (χ1) is 14.3. The van der Waals surface area contributed by atoms with Crippen LogP contribution in [0.25, 0.3) is 0 Å². The van der Waals surface area contributed by atoms with Gasteiger partial charge in [0.25, 0.3) is 0 Å². The fourth-order valence-corrected chi connectivity index (χ4v) is 8.98. The summed E-state index contributed by atoms with van der Waals surface area (Å²) >= 11 is 6.36. The number of ketones is 1. The van der Waals surface area contributed by atoms with Crippen molar-refractivity contribution in [3.05, 3.63) is 35.9 Å². The molecule has 0 aromatic heterocycles. The van der Waals surface area contributed by atoms with Gasteiger partial charge < -0.3 is 5.32 Å². The van der Waals surface area contributed by atoms with Crippen LogP contribution in [0.15, 0.2) is 30.3 Å². The summed E-state index contributed by atoms with van der Waals surface area (Å²) in [4.78, 5) is 14.1. The molecule has 4 aliphatic carbocycles. The van der Waals surface area contributed by atoms with Gasteiger partial charge in [-0.15, -0.1) is 11.6 Å². The van der Waals surface area contributed by atoms with E-state index in [0.29, 0.717) is 17.6 Å². The van der Waals surface area contributed by atoms with Crippen LogP contribution in [0.2, 0.25) is 0 Å². The summed E-state index contributed by atoms with van der Waals surface area (Å²) in [5.41, 5.74) is 2.04. The molecule has 1 saturated heterocycles. The molecular formula is C27H38ClNO. The highest BCUT2D eigenvalue weighted by molar-refractivity contribution is 6.17. The summed E-state index contributed by atoms with van der Waals surface area (Å²) in [5.74, 6) is 2.51. The van der Waals surface area contributed by atoms with Crippen molar-refractivity contribution in [2.45, 2.75) is 77.0 Å². The normalized spacial score (nSPS) is 41.7. The molecular weight excluding hydrogens is 390 g/mol. The van der Waals surface area contributed by atoms with Crippen molar-refractivity contribution in [1.82, 2.24) is 5.32 Å². The zero-order chi connectivity index (χ0) is 21.0. The number of Topliss-reactive ketones (excluding diaryl/α,β-unsaturated/α-hetero) is 1. The van der Waals surface area contributed by atoms with Crippen LogP contribution in [0.5, 0.6) is 0 Å². The maximum atomic E-state index is 14.1. The second-order valence-corrected chi connectivity index (χ2v) is 12.5. The quantitative estimate of drug-likeness (QED) is 0.554. The van der Waals surface area contributed by atoms with Gasteiger partial charge in [0.15, 0.2) is 0 Å². The lowest BCUT2D eigenvalue weighted by Crippen LogP contribution is -2.61. The molecule has 1 aromatic carbocycles. The first-order valence-electron chi connectivity index (χ1n) is 12.2. The van der Waals surface area contributed by atoms with Gasteiger partial charge in [-0.2, -0.15) is 0 Å². The highest BCUT2D eigenvalue weighted by Crippen LogP contribution is 2.71. The van der Waals surface area contributed by atoms with Crippen molar-refractivity contribution in [3.8, 4) is 0 Å². The predicted octanol–water partition coefficient (Wildman–Crippen LogP) is 6.12. The molecule has 1 heterocycles. The molecule has 3 unspecified atom stereocenters. The van der Waals surface area contributed by atoms with Crippen LogP contribution in [0.1, 0.15) is 77.2 Å². The molecule has 0 spiro atoms. The molecule has 5 atom stereocenters. The van der Waals surface area contributed by atoms with Gasteiger partial charge >= 0.3 is 0 Å². The molecule has 30 heavy (non-hydrogen) atoms. The average Bonchev–Trinajstić information content (AvgIpc) is 2.69. The number of hydrogen-bond donors (Lipinski definition) is 1. The predicted molar refractivity (Wildman–Crippen MR) is 124 cm³/mol. The molecule has 0 amide bonds. The maximum Gasteiger partial charge on any atom is 0.139 e. The zero-order valence-electron chi connectivity index (χ0n) is 18.8. The average molecular weight is 428 g/mol. The van der Waals surface area contributed by atoms with E-state index in [1.54, 1.807) is 0 Å². The van der Waals surface area contributed by atoms with Crippen molar-refractivity contribution in [2.24, 2.45) is 28.1 Å². The Morgan fingerprint density at radius 3 is 2.63 bits per heavy atom. The van der Waals surface area contributed by atoms with Gasteiger partial charge in [0.2, 0.25) is 0 Å². The van der Waals surface area contributed by atoms with Crippen molar-refractivity contribution >= 4 is 17.4 Å². The summed E-state index contributed by atoms with van der Waals surface area (Å²) in [6.45, 7) is 6.78. The number of hydrogen-bond acceptors (Lipinski definition) is 2. The Bertz CT molecular complexity index is 806. The lowest BCUT2D eigenvalue weighted by atomic mass is 9.37. The van der Waals surface area contributed by atoms with E-state index in [2.05, 4.69) is 49.5 Å². The van der Waals surface area contributed by atoms with Gasteiger partial charge in [-0.05, 0) is 91.6 Å². The van der Waals surface area contributed by atoms with Crippen LogP contribution in [0, 0.1) is 28.1 Å². The van der Waals surface area contributed by atoms with Crippen LogP contribution in [0.3, 0.4) is 0 Å². The van der Waals surface area contributed by atoms with Crippen LogP contribution in [-0.4, -0.2) is 24.8 Å². The van der Waals surface area contributed by atoms with Gasteiger partial charge in [0, 0.05) is 24.3 Å². The highest BCUT2D eigenvalue weighted by Gasteiger charge is 2.65. The zero-order valence-corrected chi connectivity index (χ0v) is 19.6. The molecule has 1 N–H and O–H groups in total. The number of rotatable bonds is 6. The second kappa shape index (κ2) is 7.34. The number of halogens is 1. The van der Waals surface area contributed by atoms with Crippen LogP contribution >= 0.6 is 11.6 Å².